The molecule has 0 saturated carbocycles. The molecule has 4 nitrogen and oxygen atoms in total. The summed E-state index contributed by atoms with van der Waals surface area (Å²) >= 11 is 6.26. The Balaban J connectivity index is 1.60. The molecule has 2 heterocycles. The van der Waals surface area contributed by atoms with E-state index >= 15 is 0 Å². The predicted molar refractivity (Wildman–Crippen MR) is 81.9 cm³/mol. The molecule has 3 rings (SSSR count). The monoisotopic (exact) mass is 295 g/mol. The summed E-state index contributed by atoms with van der Waals surface area (Å²) in [5, 5.41) is 0.778. The molecule has 1 aromatic carbocycles. The molecular formula is C15H22ClN3O. The zero-order chi connectivity index (χ0) is 13.9. The van der Waals surface area contributed by atoms with Gasteiger partial charge in [-0.3, -0.25) is 9.80 Å². The maximum Gasteiger partial charge on any atom is 0.0594 e. The molecule has 1 atom stereocenters. The largest absolute Gasteiger partial charge is 0.398 e. The van der Waals surface area contributed by atoms with Crippen LogP contribution >= 0.6 is 11.6 Å². The average molecular weight is 296 g/mol. The number of morpholine rings is 1. The molecule has 2 saturated heterocycles. The van der Waals surface area contributed by atoms with E-state index in [1.807, 2.05) is 18.2 Å². The summed E-state index contributed by atoms with van der Waals surface area (Å²) < 4.78 is 5.42. The highest BCUT2D eigenvalue weighted by Crippen LogP contribution is 2.26. The van der Waals surface area contributed by atoms with Gasteiger partial charge in [-0.15, -0.1) is 0 Å². The normalized spacial score (nSPS) is 25.1. The van der Waals surface area contributed by atoms with Gasteiger partial charge in [0.1, 0.15) is 0 Å². The molecule has 110 valence electrons. The van der Waals surface area contributed by atoms with E-state index in [0.29, 0.717) is 6.04 Å². The van der Waals surface area contributed by atoms with Gasteiger partial charge in [-0.2, -0.15) is 0 Å². The van der Waals surface area contributed by atoms with Crippen molar-refractivity contribution in [2.24, 2.45) is 0 Å². The Morgan fingerprint density at radius 2 is 2.05 bits per heavy atom. The highest BCUT2D eigenvalue weighted by molar-refractivity contribution is 6.31. The molecule has 0 amide bonds. The van der Waals surface area contributed by atoms with Crippen LogP contribution in [-0.4, -0.2) is 55.2 Å². The van der Waals surface area contributed by atoms with Crippen LogP contribution in [0.2, 0.25) is 5.02 Å². The minimum Gasteiger partial charge on any atom is -0.398 e. The van der Waals surface area contributed by atoms with E-state index in [2.05, 4.69) is 9.80 Å². The second kappa shape index (κ2) is 6.31. The van der Waals surface area contributed by atoms with Crippen molar-refractivity contribution in [1.29, 1.82) is 0 Å². The van der Waals surface area contributed by atoms with E-state index in [1.165, 1.54) is 6.42 Å². The van der Waals surface area contributed by atoms with Gasteiger partial charge in [-0.1, -0.05) is 17.7 Å². The number of nitrogens with zero attached hydrogens (tertiary/aromatic N) is 2. The molecule has 0 spiro atoms. The van der Waals surface area contributed by atoms with Crippen LogP contribution in [0.3, 0.4) is 0 Å². The van der Waals surface area contributed by atoms with E-state index in [1.54, 1.807) is 0 Å². The maximum absolute atomic E-state index is 6.26. The van der Waals surface area contributed by atoms with Crippen molar-refractivity contribution in [3.63, 3.8) is 0 Å². The molecule has 5 heteroatoms. The van der Waals surface area contributed by atoms with Crippen LogP contribution in [0.1, 0.15) is 12.0 Å². The Kier molecular flexibility index (Phi) is 4.46. The van der Waals surface area contributed by atoms with E-state index in [4.69, 9.17) is 22.1 Å². The molecule has 1 aromatic rings. The van der Waals surface area contributed by atoms with Gasteiger partial charge in [0.15, 0.2) is 0 Å². The number of nitrogens with two attached hydrogens (primary N) is 1. The van der Waals surface area contributed by atoms with Gasteiger partial charge in [0.2, 0.25) is 0 Å². The summed E-state index contributed by atoms with van der Waals surface area (Å²) in [6, 6.07) is 6.41. The minimum absolute atomic E-state index is 0.655. The van der Waals surface area contributed by atoms with Crippen LogP contribution in [0.5, 0.6) is 0 Å². The number of likely N-dealkylation sites (tertiary alicyclic amines) is 1. The topological polar surface area (TPSA) is 41.7 Å². The van der Waals surface area contributed by atoms with E-state index in [-0.39, 0.29) is 0 Å². The molecular weight excluding hydrogens is 274 g/mol. The molecule has 2 aliphatic heterocycles. The molecule has 20 heavy (non-hydrogen) atoms. The highest BCUT2D eigenvalue weighted by atomic mass is 35.5. The number of benzene rings is 1. The van der Waals surface area contributed by atoms with E-state index < -0.39 is 0 Å². The first-order valence-corrected chi connectivity index (χ1v) is 7.69. The number of ether oxygens (including phenoxy) is 1. The van der Waals surface area contributed by atoms with Gasteiger partial charge in [0, 0.05) is 55.0 Å². The minimum atomic E-state index is 0.655. The lowest BCUT2D eigenvalue weighted by Gasteiger charge is -2.32. The molecule has 0 aromatic heterocycles. The summed E-state index contributed by atoms with van der Waals surface area (Å²) in [5.74, 6) is 0. The first-order chi connectivity index (χ1) is 9.74. The van der Waals surface area contributed by atoms with Crippen molar-refractivity contribution in [2.45, 2.75) is 19.0 Å². The van der Waals surface area contributed by atoms with Gasteiger partial charge >= 0.3 is 0 Å². The van der Waals surface area contributed by atoms with Gasteiger partial charge in [0.25, 0.3) is 0 Å². The molecule has 0 aliphatic carbocycles. The molecule has 2 aliphatic rings. The fourth-order valence-corrected chi connectivity index (χ4v) is 3.40. The van der Waals surface area contributed by atoms with E-state index in [0.717, 1.165) is 62.2 Å². The summed E-state index contributed by atoms with van der Waals surface area (Å²) in [6.45, 7) is 6.94. The summed E-state index contributed by atoms with van der Waals surface area (Å²) in [5.41, 5.74) is 7.90. The Labute approximate surface area is 125 Å². The lowest BCUT2D eigenvalue weighted by atomic mass is 10.1. The summed E-state index contributed by atoms with van der Waals surface area (Å²) in [7, 11) is 0. The standard InChI is InChI=1S/C15H22ClN3O/c16-14-2-1-3-15(17)13(14)11-18-5-4-12(10-18)19-6-8-20-9-7-19/h1-3,12H,4-11,17H2. The van der Waals surface area contributed by atoms with Crippen molar-refractivity contribution in [1.82, 2.24) is 9.80 Å². The zero-order valence-electron chi connectivity index (χ0n) is 11.7. The van der Waals surface area contributed by atoms with Gasteiger partial charge in [-0.05, 0) is 18.6 Å². The van der Waals surface area contributed by atoms with Crippen LogP contribution in [0, 0.1) is 0 Å². The number of hydrogen-bond donors (Lipinski definition) is 1. The lowest BCUT2D eigenvalue weighted by molar-refractivity contribution is 0.0184. The first kappa shape index (κ1) is 14.1. The Morgan fingerprint density at radius 3 is 2.80 bits per heavy atom. The first-order valence-electron chi connectivity index (χ1n) is 7.31. The highest BCUT2D eigenvalue weighted by Gasteiger charge is 2.29. The van der Waals surface area contributed by atoms with Gasteiger partial charge < -0.3 is 10.5 Å². The second-order valence-electron chi connectivity index (χ2n) is 5.63. The third-order valence-corrected chi connectivity index (χ3v) is 4.70. The Morgan fingerprint density at radius 1 is 1.25 bits per heavy atom. The van der Waals surface area contributed by atoms with Crippen LogP contribution in [0.15, 0.2) is 18.2 Å². The predicted octanol–water partition coefficient (Wildman–Crippen LogP) is 1.83. The van der Waals surface area contributed by atoms with Crippen molar-refractivity contribution >= 4 is 17.3 Å². The maximum atomic E-state index is 6.26. The van der Waals surface area contributed by atoms with Crippen LogP contribution in [0.4, 0.5) is 5.69 Å². The van der Waals surface area contributed by atoms with E-state index in [9.17, 15) is 0 Å². The van der Waals surface area contributed by atoms with Gasteiger partial charge in [0.05, 0.1) is 13.2 Å². The summed E-state index contributed by atoms with van der Waals surface area (Å²) in [6.07, 6.45) is 1.23. The quantitative estimate of drug-likeness (QED) is 0.864. The molecule has 1 unspecified atom stereocenters. The Hall–Kier alpha value is -0.810. The van der Waals surface area contributed by atoms with Crippen molar-refractivity contribution in [2.75, 3.05) is 45.1 Å². The van der Waals surface area contributed by atoms with Gasteiger partial charge in [-0.25, -0.2) is 0 Å². The smallest absolute Gasteiger partial charge is 0.0594 e. The zero-order valence-corrected chi connectivity index (χ0v) is 12.5. The average Bonchev–Trinajstić information content (AvgIpc) is 2.93. The number of rotatable bonds is 3. The molecule has 0 radical (unpaired) electrons. The lowest BCUT2D eigenvalue weighted by Crippen LogP contribution is -2.44. The number of nitrogen functional groups attached to an aromatic ring is 1. The number of halogens is 1. The SMILES string of the molecule is Nc1cccc(Cl)c1CN1CCC(N2CCOCC2)C1. The van der Waals surface area contributed by atoms with Crippen molar-refractivity contribution in [3.05, 3.63) is 28.8 Å². The number of hydrogen-bond acceptors (Lipinski definition) is 4. The third-order valence-electron chi connectivity index (χ3n) is 4.35. The molecule has 0 bridgehead atoms. The molecule has 2 fully saturated rings. The Bertz CT molecular complexity index is 442. The fraction of sp³-hybridized carbons (Fsp3) is 0.600. The fourth-order valence-electron chi connectivity index (χ4n) is 3.16. The van der Waals surface area contributed by atoms with Crippen LogP contribution in [-0.2, 0) is 11.3 Å². The van der Waals surface area contributed by atoms with Crippen LogP contribution in [0.25, 0.3) is 0 Å². The second-order valence-corrected chi connectivity index (χ2v) is 6.04. The number of anilines is 1. The van der Waals surface area contributed by atoms with Crippen molar-refractivity contribution < 1.29 is 4.74 Å². The molecule has 2 N–H and O–H groups in total. The summed E-state index contributed by atoms with van der Waals surface area (Å²) in [4.78, 5) is 5.01. The van der Waals surface area contributed by atoms with Crippen LogP contribution < -0.4 is 5.73 Å². The third kappa shape index (κ3) is 3.09. The van der Waals surface area contributed by atoms with Crippen molar-refractivity contribution in [3.8, 4) is 0 Å².